The van der Waals surface area contributed by atoms with E-state index in [0.717, 1.165) is 28.2 Å². The molecule has 3 aromatic rings. The number of hydrazone groups is 1. The third-order valence-electron chi connectivity index (χ3n) is 5.62. The van der Waals surface area contributed by atoms with Crippen molar-refractivity contribution < 1.29 is 9.53 Å². The Morgan fingerprint density at radius 2 is 1.73 bits per heavy atom. The Morgan fingerprint density at radius 1 is 1.03 bits per heavy atom. The second kappa shape index (κ2) is 10.6. The lowest BCUT2D eigenvalue weighted by molar-refractivity contribution is -0.122. The summed E-state index contributed by atoms with van der Waals surface area (Å²) < 4.78 is 5.85. The van der Waals surface area contributed by atoms with Crippen LogP contribution in [0.4, 0.5) is 0 Å². The van der Waals surface area contributed by atoms with E-state index in [1.54, 1.807) is 0 Å². The average molecular weight is 463 g/mol. The normalized spacial score (nSPS) is 18.2. The zero-order valence-electron chi connectivity index (χ0n) is 18.6. The summed E-state index contributed by atoms with van der Waals surface area (Å²) in [4.78, 5) is 12.6. The molecule has 2 atom stereocenters. The third-order valence-corrected chi connectivity index (χ3v) is 5.88. The topological polar surface area (TPSA) is 74.8 Å². The second-order valence-corrected chi connectivity index (χ2v) is 8.59. The molecule has 1 saturated heterocycles. The van der Waals surface area contributed by atoms with Gasteiger partial charge in [0.25, 0.3) is 5.91 Å². The van der Waals surface area contributed by atoms with E-state index in [0.29, 0.717) is 18.1 Å². The molecule has 0 saturated carbocycles. The number of hydrazine groups is 1. The van der Waals surface area contributed by atoms with Crippen LogP contribution in [0.15, 0.2) is 77.9 Å². The fourth-order valence-electron chi connectivity index (χ4n) is 3.57. The SMILES string of the molecule is C/C(=N\NC(=O)C1CC(c2ccc(OCc3ccc(Cl)cc3)cc2)NN1)c1ccc(C)cc1. The fourth-order valence-corrected chi connectivity index (χ4v) is 3.69. The molecule has 3 aromatic carbocycles. The van der Waals surface area contributed by atoms with Gasteiger partial charge in [-0.25, -0.2) is 16.3 Å². The number of carbonyl (C=O) groups is 1. The van der Waals surface area contributed by atoms with Gasteiger partial charge in [-0.1, -0.05) is 65.7 Å². The van der Waals surface area contributed by atoms with Crippen molar-refractivity contribution in [3.05, 3.63) is 100 Å². The van der Waals surface area contributed by atoms with Crippen LogP contribution in [-0.2, 0) is 11.4 Å². The lowest BCUT2D eigenvalue weighted by atomic mass is 10.0. The van der Waals surface area contributed by atoms with Crippen molar-refractivity contribution in [2.75, 3.05) is 0 Å². The van der Waals surface area contributed by atoms with E-state index in [1.165, 1.54) is 5.56 Å². The first-order valence-corrected chi connectivity index (χ1v) is 11.2. The Balaban J connectivity index is 1.28. The molecule has 0 bridgehead atoms. The third kappa shape index (κ3) is 6.20. The molecular weight excluding hydrogens is 436 g/mol. The second-order valence-electron chi connectivity index (χ2n) is 8.15. The first kappa shape index (κ1) is 23.0. The number of halogens is 1. The average Bonchev–Trinajstić information content (AvgIpc) is 3.33. The van der Waals surface area contributed by atoms with Crippen LogP contribution in [-0.4, -0.2) is 17.7 Å². The van der Waals surface area contributed by atoms with Crippen LogP contribution in [0.1, 0.15) is 41.6 Å². The minimum Gasteiger partial charge on any atom is -0.489 e. The Morgan fingerprint density at radius 3 is 2.42 bits per heavy atom. The van der Waals surface area contributed by atoms with Crippen LogP contribution in [0.2, 0.25) is 5.02 Å². The van der Waals surface area contributed by atoms with Gasteiger partial charge in [0.05, 0.1) is 5.71 Å². The van der Waals surface area contributed by atoms with E-state index in [2.05, 4.69) is 21.4 Å². The van der Waals surface area contributed by atoms with Crippen molar-refractivity contribution in [2.24, 2.45) is 5.10 Å². The molecular formula is C26H27ClN4O2. The predicted molar refractivity (Wildman–Crippen MR) is 131 cm³/mol. The summed E-state index contributed by atoms with van der Waals surface area (Å²) >= 11 is 5.92. The summed E-state index contributed by atoms with van der Waals surface area (Å²) in [5, 5.41) is 4.96. The largest absolute Gasteiger partial charge is 0.489 e. The minimum atomic E-state index is -0.370. The Labute approximate surface area is 199 Å². The lowest BCUT2D eigenvalue weighted by Crippen LogP contribution is -2.41. The highest BCUT2D eigenvalue weighted by molar-refractivity contribution is 6.30. The van der Waals surface area contributed by atoms with Gasteiger partial charge >= 0.3 is 0 Å². The zero-order valence-corrected chi connectivity index (χ0v) is 19.4. The molecule has 2 unspecified atom stereocenters. The van der Waals surface area contributed by atoms with E-state index < -0.39 is 0 Å². The molecule has 7 heteroatoms. The Hall–Kier alpha value is -3.19. The van der Waals surface area contributed by atoms with Crippen molar-refractivity contribution in [3.8, 4) is 5.75 Å². The molecule has 3 N–H and O–H groups in total. The van der Waals surface area contributed by atoms with E-state index >= 15 is 0 Å². The molecule has 0 aliphatic carbocycles. The quantitative estimate of drug-likeness (QED) is 0.352. The van der Waals surface area contributed by atoms with E-state index in [1.807, 2.05) is 86.6 Å². The molecule has 1 amide bonds. The molecule has 6 nitrogen and oxygen atoms in total. The molecule has 33 heavy (non-hydrogen) atoms. The number of aryl methyl sites for hydroxylation is 1. The Bertz CT molecular complexity index is 1110. The number of nitrogens with zero attached hydrogens (tertiary/aromatic N) is 1. The molecule has 0 aromatic heterocycles. The first-order valence-electron chi connectivity index (χ1n) is 10.9. The molecule has 1 heterocycles. The molecule has 1 fully saturated rings. The van der Waals surface area contributed by atoms with Gasteiger partial charge in [-0.05, 0) is 61.2 Å². The number of rotatable bonds is 7. The predicted octanol–water partition coefficient (Wildman–Crippen LogP) is 4.68. The molecule has 4 rings (SSSR count). The number of benzene rings is 3. The maximum atomic E-state index is 12.6. The molecule has 0 radical (unpaired) electrons. The van der Waals surface area contributed by atoms with E-state index in [4.69, 9.17) is 16.3 Å². The molecule has 170 valence electrons. The van der Waals surface area contributed by atoms with E-state index in [-0.39, 0.29) is 18.0 Å². The number of ether oxygens (including phenoxy) is 1. The number of carbonyl (C=O) groups excluding carboxylic acids is 1. The van der Waals surface area contributed by atoms with Gasteiger partial charge in [-0.2, -0.15) is 5.10 Å². The summed E-state index contributed by atoms with van der Waals surface area (Å²) in [6.45, 7) is 4.39. The summed E-state index contributed by atoms with van der Waals surface area (Å²) in [5.41, 5.74) is 14.0. The summed E-state index contributed by atoms with van der Waals surface area (Å²) in [5.74, 6) is 0.620. The maximum absolute atomic E-state index is 12.6. The number of hydrogen-bond acceptors (Lipinski definition) is 5. The number of hydrogen-bond donors (Lipinski definition) is 3. The van der Waals surface area contributed by atoms with Crippen LogP contribution in [0.3, 0.4) is 0 Å². The van der Waals surface area contributed by atoms with Gasteiger partial charge in [0.2, 0.25) is 0 Å². The monoisotopic (exact) mass is 462 g/mol. The van der Waals surface area contributed by atoms with Gasteiger partial charge in [0.15, 0.2) is 0 Å². The highest BCUT2D eigenvalue weighted by Gasteiger charge is 2.30. The van der Waals surface area contributed by atoms with Crippen LogP contribution >= 0.6 is 11.6 Å². The minimum absolute atomic E-state index is 0.0215. The standard InChI is InChI=1S/C26H27ClN4O2/c1-17-3-7-20(8-4-17)18(2)28-31-26(32)25-15-24(29-30-25)21-9-13-23(14-10-21)33-16-19-5-11-22(27)12-6-19/h3-14,24-25,29-30H,15-16H2,1-2H3,(H,31,32)/b28-18+. The van der Waals surface area contributed by atoms with Crippen LogP contribution in [0.5, 0.6) is 5.75 Å². The fraction of sp³-hybridized carbons (Fsp3) is 0.231. The molecule has 0 spiro atoms. The van der Waals surface area contributed by atoms with Gasteiger partial charge in [-0.3, -0.25) is 4.79 Å². The van der Waals surface area contributed by atoms with Crippen molar-refractivity contribution in [3.63, 3.8) is 0 Å². The summed E-state index contributed by atoms with van der Waals surface area (Å²) in [6, 6.07) is 23.2. The van der Waals surface area contributed by atoms with Crippen molar-refractivity contribution in [2.45, 2.75) is 39.0 Å². The summed E-state index contributed by atoms with van der Waals surface area (Å²) in [7, 11) is 0. The molecule has 1 aliphatic heterocycles. The highest BCUT2D eigenvalue weighted by Crippen LogP contribution is 2.25. The van der Waals surface area contributed by atoms with Gasteiger partial charge in [0.1, 0.15) is 18.4 Å². The lowest BCUT2D eigenvalue weighted by Gasteiger charge is -2.11. The number of amides is 1. The van der Waals surface area contributed by atoms with Crippen LogP contribution in [0, 0.1) is 6.92 Å². The number of nitrogens with one attached hydrogen (secondary N) is 3. The maximum Gasteiger partial charge on any atom is 0.258 e. The van der Waals surface area contributed by atoms with Crippen molar-refractivity contribution in [1.82, 2.24) is 16.3 Å². The molecule has 1 aliphatic rings. The Kier molecular flexibility index (Phi) is 7.40. The van der Waals surface area contributed by atoms with Gasteiger partial charge in [0, 0.05) is 11.1 Å². The van der Waals surface area contributed by atoms with Crippen molar-refractivity contribution >= 4 is 23.2 Å². The van der Waals surface area contributed by atoms with Gasteiger partial charge in [-0.15, -0.1) is 0 Å². The van der Waals surface area contributed by atoms with E-state index in [9.17, 15) is 4.79 Å². The first-order chi connectivity index (χ1) is 16.0. The highest BCUT2D eigenvalue weighted by atomic mass is 35.5. The smallest absolute Gasteiger partial charge is 0.258 e. The van der Waals surface area contributed by atoms with Crippen LogP contribution in [0.25, 0.3) is 0 Å². The summed E-state index contributed by atoms with van der Waals surface area (Å²) in [6.07, 6.45) is 0.621. The van der Waals surface area contributed by atoms with Gasteiger partial charge < -0.3 is 4.74 Å². The van der Waals surface area contributed by atoms with Crippen LogP contribution < -0.4 is 21.0 Å². The van der Waals surface area contributed by atoms with Crippen molar-refractivity contribution in [1.29, 1.82) is 0 Å². The zero-order chi connectivity index (χ0) is 23.2.